The van der Waals surface area contributed by atoms with Crippen molar-refractivity contribution in [3.05, 3.63) is 35.9 Å². The molecule has 1 aromatic carbocycles. The number of hydrogen-bond acceptors (Lipinski definition) is 6. The minimum Gasteiger partial charge on any atom is -0.387 e. The molecule has 6 heteroatoms. The van der Waals surface area contributed by atoms with E-state index in [4.69, 9.17) is 18.9 Å². The van der Waals surface area contributed by atoms with Crippen LogP contribution in [0.5, 0.6) is 0 Å². The van der Waals surface area contributed by atoms with E-state index in [0.717, 1.165) is 6.54 Å². The highest BCUT2D eigenvalue weighted by molar-refractivity contribution is 5.14. The van der Waals surface area contributed by atoms with E-state index in [-0.39, 0.29) is 6.10 Å². The van der Waals surface area contributed by atoms with Gasteiger partial charge in [0.1, 0.15) is 24.4 Å². The lowest BCUT2D eigenvalue weighted by Crippen LogP contribution is -2.47. The Bertz CT molecular complexity index is 562. The van der Waals surface area contributed by atoms with Crippen molar-refractivity contribution in [2.45, 2.75) is 70.2 Å². The van der Waals surface area contributed by atoms with E-state index in [1.807, 2.05) is 45.9 Å². The molecule has 0 bridgehead atoms. The summed E-state index contributed by atoms with van der Waals surface area (Å²) in [5.74, 6) is -1.42. The third-order valence-corrected chi connectivity index (χ3v) is 4.49. The second kappa shape index (κ2) is 7.31. The maximum Gasteiger partial charge on any atom is 0.163 e. The Morgan fingerprint density at radius 3 is 2.44 bits per heavy atom. The summed E-state index contributed by atoms with van der Waals surface area (Å²) in [6.07, 6.45) is -1.97. The SMILES string of the molecule is CC1(C)OCC([C@@H](O)[C@H]2OC(C)(C)O[C@H]2CNCc2ccccc2)O1. The van der Waals surface area contributed by atoms with Crippen LogP contribution in [-0.2, 0) is 25.5 Å². The first-order valence-electron chi connectivity index (χ1n) is 8.86. The highest BCUT2D eigenvalue weighted by Crippen LogP contribution is 2.34. The second-order valence-corrected chi connectivity index (χ2v) is 7.61. The first kappa shape index (κ1) is 18.8. The number of ether oxygens (including phenoxy) is 4. The van der Waals surface area contributed by atoms with E-state index in [1.54, 1.807) is 0 Å². The Morgan fingerprint density at radius 1 is 1.08 bits per heavy atom. The lowest BCUT2D eigenvalue weighted by Gasteiger charge is -2.27. The standard InChI is InChI=1S/C19H29NO5/c1-18(2)22-12-15(24-18)16(21)17-14(23-19(3,4)25-17)11-20-10-13-8-6-5-7-9-13/h5-9,14-17,20-21H,10-12H2,1-4H3/t14-,15?,16+,17-/m0/s1. The molecule has 6 nitrogen and oxygen atoms in total. The third-order valence-electron chi connectivity index (χ3n) is 4.49. The van der Waals surface area contributed by atoms with Crippen LogP contribution < -0.4 is 5.32 Å². The molecule has 2 saturated heterocycles. The van der Waals surface area contributed by atoms with Gasteiger partial charge < -0.3 is 29.4 Å². The molecule has 3 rings (SSSR count). The van der Waals surface area contributed by atoms with Crippen molar-refractivity contribution >= 4 is 0 Å². The van der Waals surface area contributed by atoms with E-state index in [1.165, 1.54) is 5.56 Å². The topological polar surface area (TPSA) is 69.2 Å². The molecule has 2 aliphatic heterocycles. The molecule has 0 spiro atoms. The van der Waals surface area contributed by atoms with Crippen molar-refractivity contribution in [1.82, 2.24) is 5.32 Å². The zero-order chi connectivity index (χ0) is 18.1. The van der Waals surface area contributed by atoms with Crippen molar-refractivity contribution < 1.29 is 24.1 Å². The first-order valence-corrected chi connectivity index (χ1v) is 8.86. The Labute approximate surface area is 149 Å². The molecule has 0 saturated carbocycles. The Balaban J connectivity index is 1.58. The van der Waals surface area contributed by atoms with Gasteiger partial charge in [0.2, 0.25) is 0 Å². The first-order chi connectivity index (χ1) is 11.8. The molecule has 2 heterocycles. The predicted octanol–water partition coefficient (Wildman–Crippen LogP) is 1.81. The lowest BCUT2D eigenvalue weighted by atomic mass is 10.0. The van der Waals surface area contributed by atoms with Crippen molar-refractivity contribution in [1.29, 1.82) is 0 Å². The molecule has 1 aromatic rings. The molecule has 140 valence electrons. The average Bonchev–Trinajstić information content (AvgIpc) is 3.06. The molecule has 4 atom stereocenters. The Hall–Kier alpha value is -1.02. The van der Waals surface area contributed by atoms with Crippen LogP contribution in [0.15, 0.2) is 30.3 Å². The van der Waals surface area contributed by atoms with Crippen LogP contribution in [0.3, 0.4) is 0 Å². The lowest BCUT2D eigenvalue weighted by molar-refractivity contribution is -0.178. The molecule has 0 aromatic heterocycles. The highest BCUT2D eigenvalue weighted by Gasteiger charge is 2.49. The second-order valence-electron chi connectivity index (χ2n) is 7.61. The average molecular weight is 351 g/mol. The van der Waals surface area contributed by atoms with Crippen LogP contribution in [-0.4, -0.2) is 54.2 Å². The molecule has 0 amide bonds. The smallest absolute Gasteiger partial charge is 0.163 e. The van der Waals surface area contributed by atoms with E-state index in [0.29, 0.717) is 13.2 Å². The Kier molecular flexibility index (Phi) is 5.48. The van der Waals surface area contributed by atoms with Gasteiger partial charge in [-0.25, -0.2) is 0 Å². The van der Waals surface area contributed by atoms with Crippen molar-refractivity contribution in [2.24, 2.45) is 0 Å². The monoisotopic (exact) mass is 351 g/mol. The van der Waals surface area contributed by atoms with E-state index < -0.39 is 29.9 Å². The summed E-state index contributed by atoms with van der Waals surface area (Å²) >= 11 is 0. The molecule has 2 N–H and O–H groups in total. The molecule has 2 fully saturated rings. The van der Waals surface area contributed by atoms with Gasteiger partial charge in [0.25, 0.3) is 0 Å². The highest BCUT2D eigenvalue weighted by atomic mass is 16.8. The minimum absolute atomic E-state index is 0.263. The summed E-state index contributed by atoms with van der Waals surface area (Å²) in [4.78, 5) is 0. The summed E-state index contributed by atoms with van der Waals surface area (Å²) < 4.78 is 23.3. The Morgan fingerprint density at radius 2 is 1.80 bits per heavy atom. The number of hydrogen-bond donors (Lipinski definition) is 2. The summed E-state index contributed by atoms with van der Waals surface area (Å²) in [5.41, 5.74) is 1.20. The fourth-order valence-electron chi connectivity index (χ4n) is 3.36. The number of rotatable bonds is 6. The fraction of sp³-hybridized carbons (Fsp3) is 0.684. The van der Waals surface area contributed by atoms with Crippen molar-refractivity contribution in [3.63, 3.8) is 0 Å². The van der Waals surface area contributed by atoms with E-state index >= 15 is 0 Å². The van der Waals surface area contributed by atoms with E-state index in [9.17, 15) is 5.11 Å². The predicted molar refractivity (Wildman–Crippen MR) is 92.9 cm³/mol. The van der Waals surface area contributed by atoms with Gasteiger partial charge >= 0.3 is 0 Å². The third kappa shape index (κ3) is 4.78. The molecule has 25 heavy (non-hydrogen) atoms. The van der Waals surface area contributed by atoms with Gasteiger partial charge in [0, 0.05) is 13.1 Å². The number of aliphatic hydroxyl groups is 1. The minimum atomic E-state index is -0.813. The molecule has 1 unspecified atom stereocenters. The largest absolute Gasteiger partial charge is 0.387 e. The maximum atomic E-state index is 10.8. The van der Waals surface area contributed by atoms with Gasteiger partial charge in [0.15, 0.2) is 11.6 Å². The summed E-state index contributed by atoms with van der Waals surface area (Å²) in [6, 6.07) is 10.2. The van der Waals surface area contributed by atoms with Crippen molar-refractivity contribution in [3.8, 4) is 0 Å². The molecular formula is C19H29NO5. The van der Waals surface area contributed by atoms with E-state index in [2.05, 4.69) is 17.4 Å². The molecular weight excluding hydrogens is 322 g/mol. The van der Waals surface area contributed by atoms with Gasteiger partial charge in [-0.3, -0.25) is 0 Å². The summed E-state index contributed by atoms with van der Waals surface area (Å²) in [5, 5.41) is 14.1. The summed E-state index contributed by atoms with van der Waals surface area (Å²) in [6.45, 7) is 9.07. The van der Waals surface area contributed by atoms with Gasteiger partial charge in [-0.1, -0.05) is 30.3 Å². The molecule has 2 aliphatic rings. The fourth-order valence-corrected chi connectivity index (χ4v) is 3.36. The van der Waals surface area contributed by atoms with Crippen LogP contribution in [0.25, 0.3) is 0 Å². The number of nitrogens with one attached hydrogen (secondary N) is 1. The van der Waals surface area contributed by atoms with Crippen LogP contribution in [0, 0.1) is 0 Å². The molecule has 0 aliphatic carbocycles. The van der Waals surface area contributed by atoms with Gasteiger partial charge in [-0.15, -0.1) is 0 Å². The van der Waals surface area contributed by atoms with Crippen molar-refractivity contribution in [2.75, 3.05) is 13.2 Å². The summed E-state index contributed by atoms with van der Waals surface area (Å²) in [7, 11) is 0. The maximum absolute atomic E-state index is 10.8. The normalized spacial score (nSPS) is 32.0. The quantitative estimate of drug-likeness (QED) is 0.815. The van der Waals surface area contributed by atoms with Gasteiger partial charge in [-0.05, 0) is 33.3 Å². The van der Waals surface area contributed by atoms with Crippen LogP contribution >= 0.6 is 0 Å². The zero-order valence-electron chi connectivity index (χ0n) is 15.4. The van der Waals surface area contributed by atoms with Gasteiger partial charge in [0.05, 0.1) is 6.61 Å². The zero-order valence-corrected chi connectivity index (χ0v) is 15.4. The number of aliphatic hydroxyl groups excluding tert-OH is 1. The number of benzene rings is 1. The van der Waals surface area contributed by atoms with Crippen LogP contribution in [0.1, 0.15) is 33.3 Å². The van der Waals surface area contributed by atoms with Gasteiger partial charge in [-0.2, -0.15) is 0 Å². The van der Waals surface area contributed by atoms with Crippen LogP contribution in [0.2, 0.25) is 0 Å². The van der Waals surface area contributed by atoms with Crippen LogP contribution in [0.4, 0.5) is 0 Å². The molecule has 0 radical (unpaired) electrons.